The minimum atomic E-state index is -0.817. The Hall–Kier alpha value is -2.23. The Labute approximate surface area is 137 Å². The average molecular weight is 313 g/mol. The van der Waals surface area contributed by atoms with Crippen LogP contribution in [0.3, 0.4) is 0 Å². The molecule has 1 fully saturated rings. The van der Waals surface area contributed by atoms with E-state index < -0.39 is 11.3 Å². The number of carbonyl (C=O) groups excluding carboxylic acids is 3. The van der Waals surface area contributed by atoms with Crippen LogP contribution in [0.1, 0.15) is 40.0 Å². The first-order valence-electron chi connectivity index (χ1n) is 7.90. The lowest BCUT2D eigenvalue weighted by Crippen LogP contribution is -2.37. The summed E-state index contributed by atoms with van der Waals surface area (Å²) in [6, 6.07) is 8.88. The zero-order chi connectivity index (χ0) is 17.0. The fourth-order valence-corrected chi connectivity index (χ4v) is 2.98. The van der Waals surface area contributed by atoms with Gasteiger partial charge in [0.05, 0.1) is 11.6 Å². The van der Waals surface area contributed by atoms with Gasteiger partial charge in [0.15, 0.2) is 0 Å². The van der Waals surface area contributed by atoms with Gasteiger partial charge < -0.3 is 4.79 Å². The summed E-state index contributed by atoms with van der Waals surface area (Å²) in [5.74, 6) is -1.09. The van der Waals surface area contributed by atoms with Crippen LogP contribution in [0.2, 0.25) is 0 Å². The van der Waals surface area contributed by atoms with Gasteiger partial charge in [-0.1, -0.05) is 36.8 Å². The standard InChI is InChI=1S/C19H23NO3/c1-14(2)8-7-11-19(3,13-21)16-12-17(22)20(18(16)23)15-9-5-4-6-10-15/h4-6,8-10,13,16H,7,11-12H2,1-3H3/t16-,19-/m1/s1. The highest BCUT2D eigenvalue weighted by Crippen LogP contribution is 2.40. The molecule has 0 aliphatic carbocycles. The van der Waals surface area contributed by atoms with E-state index >= 15 is 0 Å². The van der Waals surface area contributed by atoms with Gasteiger partial charge in [-0.15, -0.1) is 0 Å². The van der Waals surface area contributed by atoms with Crippen molar-refractivity contribution in [3.63, 3.8) is 0 Å². The van der Waals surface area contributed by atoms with Crippen LogP contribution in [0.4, 0.5) is 5.69 Å². The number of nitrogens with zero attached hydrogens (tertiary/aromatic N) is 1. The lowest BCUT2D eigenvalue weighted by Gasteiger charge is -2.28. The normalized spacial score (nSPS) is 20.3. The summed E-state index contributed by atoms with van der Waals surface area (Å²) in [5.41, 5.74) is 0.933. The molecule has 2 rings (SSSR count). The number of rotatable bonds is 6. The Balaban J connectivity index is 2.22. The lowest BCUT2D eigenvalue weighted by molar-refractivity contribution is -0.130. The molecule has 0 aromatic heterocycles. The molecule has 0 radical (unpaired) electrons. The van der Waals surface area contributed by atoms with Crippen LogP contribution in [0, 0.1) is 11.3 Å². The highest BCUT2D eigenvalue weighted by molar-refractivity contribution is 6.21. The molecule has 0 unspecified atom stereocenters. The van der Waals surface area contributed by atoms with Gasteiger partial charge in [0.2, 0.25) is 11.8 Å². The van der Waals surface area contributed by atoms with Crippen molar-refractivity contribution in [1.82, 2.24) is 0 Å². The number of hydrogen-bond acceptors (Lipinski definition) is 3. The number of anilines is 1. The van der Waals surface area contributed by atoms with Crippen molar-refractivity contribution in [3.8, 4) is 0 Å². The van der Waals surface area contributed by atoms with Crippen molar-refractivity contribution in [1.29, 1.82) is 0 Å². The Morgan fingerprint density at radius 1 is 1.26 bits per heavy atom. The molecule has 2 atom stereocenters. The van der Waals surface area contributed by atoms with Crippen molar-refractivity contribution in [2.45, 2.75) is 40.0 Å². The number of amides is 2. The van der Waals surface area contributed by atoms with E-state index in [0.29, 0.717) is 12.1 Å². The summed E-state index contributed by atoms with van der Waals surface area (Å²) in [6.07, 6.45) is 4.28. The molecule has 23 heavy (non-hydrogen) atoms. The van der Waals surface area contributed by atoms with Gasteiger partial charge in [0.1, 0.15) is 6.29 Å². The maximum atomic E-state index is 12.7. The molecule has 4 nitrogen and oxygen atoms in total. The fourth-order valence-electron chi connectivity index (χ4n) is 2.98. The molecule has 4 heteroatoms. The summed E-state index contributed by atoms with van der Waals surface area (Å²) in [7, 11) is 0. The van der Waals surface area contributed by atoms with E-state index in [-0.39, 0.29) is 18.2 Å². The molecule has 1 aromatic rings. The summed E-state index contributed by atoms with van der Waals surface area (Å²) in [6.45, 7) is 5.78. The second kappa shape index (κ2) is 6.90. The van der Waals surface area contributed by atoms with Gasteiger partial charge in [-0.2, -0.15) is 0 Å². The van der Waals surface area contributed by atoms with Gasteiger partial charge in [-0.05, 0) is 38.8 Å². The molecule has 0 saturated carbocycles. The van der Waals surface area contributed by atoms with Crippen LogP contribution in [-0.4, -0.2) is 18.1 Å². The Morgan fingerprint density at radius 2 is 1.91 bits per heavy atom. The van der Waals surface area contributed by atoms with Crippen LogP contribution >= 0.6 is 0 Å². The fraction of sp³-hybridized carbons (Fsp3) is 0.421. The number of hydrogen-bond donors (Lipinski definition) is 0. The molecule has 1 aliphatic rings. The van der Waals surface area contributed by atoms with E-state index in [1.54, 1.807) is 31.2 Å². The highest BCUT2D eigenvalue weighted by atomic mass is 16.2. The number of allylic oxidation sites excluding steroid dienone is 2. The first-order chi connectivity index (χ1) is 10.9. The van der Waals surface area contributed by atoms with Gasteiger partial charge in [0.25, 0.3) is 0 Å². The van der Waals surface area contributed by atoms with Gasteiger partial charge in [0, 0.05) is 11.8 Å². The number of carbonyl (C=O) groups is 3. The molecule has 0 N–H and O–H groups in total. The van der Waals surface area contributed by atoms with E-state index in [0.717, 1.165) is 12.7 Å². The molecular weight excluding hydrogens is 290 g/mol. The first-order valence-corrected chi connectivity index (χ1v) is 7.90. The maximum absolute atomic E-state index is 12.7. The van der Waals surface area contributed by atoms with E-state index in [4.69, 9.17) is 0 Å². The predicted molar refractivity (Wildman–Crippen MR) is 89.9 cm³/mol. The van der Waals surface area contributed by atoms with E-state index in [9.17, 15) is 14.4 Å². The summed E-state index contributed by atoms with van der Waals surface area (Å²) in [5, 5.41) is 0. The summed E-state index contributed by atoms with van der Waals surface area (Å²) in [4.78, 5) is 38.0. The van der Waals surface area contributed by atoms with Crippen molar-refractivity contribution in [2.75, 3.05) is 4.90 Å². The predicted octanol–water partition coefficient (Wildman–Crippen LogP) is 3.52. The lowest BCUT2D eigenvalue weighted by atomic mass is 9.74. The number of para-hydroxylation sites is 1. The van der Waals surface area contributed by atoms with Crippen molar-refractivity contribution < 1.29 is 14.4 Å². The number of imide groups is 1. The van der Waals surface area contributed by atoms with Crippen LogP contribution < -0.4 is 4.90 Å². The molecule has 2 amide bonds. The second-order valence-electron chi connectivity index (χ2n) is 6.60. The highest BCUT2D eigenvalue weighted by Gasteiger charge is 2.48. The minimum Gasteiger partial charge on any atom is -0.303 e. The van der Waals surface area contributed by atoms with Gasteiger partial charge in [-0.25, -0.2) is 0 Å². The number of aldehydes is 1. The first kappa shape index (κ1) is 17.1. The van der Waals surface area contributed by atoms with Crippen molar-refractivity contribution in [3.05, 3.63) is 42.0 Å². The molecule has 1 aliphatic heterocycles. The van der Waals surface area contributed by atoms with E-state index in [2.05, 4.69) is 6.08 Å². The Bertz CT molecular complexity index is 631. The van der Waals surface area contributed by atoms with Gasteiger partial charge >= 0.3 is 0 Å². The Kier molecular flexibility index (Phi) is 5.14. The average Bonchev–Trinajstić information content (AvgIpc) is 2.83. The third kappa shape index (κ3) is 3.58. The zero-order valence-corrected chi connectivity index (χ0v) is 13.9. The van der Waals surface area contributed by atoms with Crippen LogP contribution in [0.15, 0.2) is 42.0 Å². The zero-order valence-electron chi connectivity index (χ0n) is 13.9. The van der Waals surface area contributed by atoms with E-state index in [1.165, 1.54) is 10.5 Å². The molecule has 0 bridgehead atoms. The molecule has 122 valence electrons. The Morgan fingerprint density at radius 3 is 2.48 bits per heavy atom. The SMILES string of the molecule is CC(C)=CCC[C@](C)(C=O)[C@@H]1CC(=O)N(c2ccccc2)C1=O. The minimum absolute atomic E-state index is 0.0950. The molecule has 1 aromatic carbocycles. The summed E-state index contributed by atoms with van der Waals surface area (Å²) >= 11 is 0. The molecule has 1 saturated heterocycles. The topological polar surface area (TPSA) is 54.5 Å². The van der Waals surface area contributed by atoms with Gasteiger partial charge in [-0.3, -0.25) is 14.5 Å². The smallest absolute Gasteiger partial charge is 0.238 e. The summed E-state index contributed by atoms with van der Waals surface area (Å²) < 4.78 is 0. The molecule has 0 spiro atoms. The van der Waals surface area contributed by atoms with Crippen molar-refractivity contribution >= 4 is 23.8 Å². The van der Waals surface area contributed by atoms with E-state index in [1.807, 2.05) is 19.9 Å². The second-order valence-corrected chi connectivity index (χ2v) is 6.60. The number of benzene rings is 1. The third-order valence-electron chi connectivity index (χ3n) is 4.46. The van der Waals surface area contributed by atoms with Crippen LogP contribution in [0.5, 0.6) is 0 Å². The monoisotopic (exact) mass is 313 g/mol. The van der Waals surface area contributed by atoms with Crippen LogP contribution in [-0.2, 0) is 14.4 Å². The largest absolute Gasteiger partial charge is 0.303 e. The third-order valence-corrected chi connectivity index (χ3v) is 4.46. The van der Waals surface area contributed by atoms with Crippen LogP contribution in [0.25, 0.3) is 0 Å². The maximum Gasteiger partial charge on any atom is 0.238 e. The van der Waals surface area contributed by atoms with Crippen molar-refractivity contribution in [2.24, 2.45) is 11.3 Å². The molecular formula is C19H23NO3. The quantitative estimate of drug-likeness (QED) is 0.459. The molecule has 1 heterocycles.